The lowest BCUT2D eigenvalue weighted by molar-refractivity contribution is -0.991. The van der Waals surface area contributed by atoms with E-state index in [1.165, 1.54) is 18.2 Å². The second-order valence-electron chi connectivity index (χ2n) is 14.1. The topological polar surface area (TPSA) is 232 Å². The van der Waals surface area contributed by atoms with Crippen LogP contribution in [0.5, 0.6) is 0 Å². The number of aliphatic hydroxyl groups is 2. The Labute approximate surface area is 276 Å². The molecule has 9 unspecified atom stereocenters. The molecule has 4 aliphatic carbocycles. The fourth-order valence-electron chi connectivity index (χ4n) is 8.97. The van der Waals surface area contributed by atoms with Crippen molar-refractivity contribution < 1.29 is 59.3 Å². The van der Waals surface area contributed by atoms with Gasteiger partial charge in [-0.25, -0.2) is 10.0 Å². The summed E-state index contributed by atoms with van der Waals surface area (Å²) in [7, 11) is 0. The van der Waals surface area contributed by atoms with Crippen molar-refractivity contribution in [2.24, 2.45) is 28.6 Å². The highest BCUT2D eigenvalue weighted by Gasteiger charge is 2.68. The number of allylic oxidation sites excluding steroid dienone is 1. The van der Waals surface area contributed by atoms with Crippen LogP contribution >= 0.6 is 0 Å². The molecule has 14 heteroatoms. The van der Waals surface area contributed by atoms with Crippen LogP contribution in [0, 0.1) is 33.8 Å². The fraction of sp³-hybridized carbons (Fsp3) is 0.588. The van der Waals surface area contributed by atoms with Gasteiger partial charge in [0.25, 0.3) is 0 Å². The van der Waals surface area contributed by atoms with E-state index < -0.39 is 76.9 Å². The number of nitrogens with one attached hydrogen (secondary N) is 2. The lowest BCUT2D eigenvalue weighted by Gasteiger charge is -2.57. The number of aliphatic carboxylic acids is 1. The number of carbonyl (C=O) groups excluding carboxylic acids is 5. The van der Waals surface area contributed by atoms with Gasteiger partial charge in [0.2, 0.25) is 11.7 Å². The zero-order chi connectivity index (χ0) is 35.2. The maximum atomic E-state index is 13.8. The highest BCUT2D eigenvalue weighted by atomic mass is 16.8. The minimum absolute atomic E-state index is 0.0107. The minimum atomic E-state index is -1.90. The number of carboxylic acids is 1. The number of esters is 1. The van der Waals surface area contributed by atoms with Crippen LogP contribution in [0.1, 0.15) is 83.3 Å². The number of carbonyl (C=O) groups is 6. The lowest BCUT2D eigenvalue weighted by atomic mass is 9.46. The Morgan fingerprint density at radius 2 is 1.83 bits per heavy atom. The first-order valence-electron chi connectivity index (χ1n) is 16.2. The van der Waals surface area contributed by atoms with Crippen molar-refractivity contribution in [3.05, 3.63) is 46.7 Å². The lowest BCUT2D eigenvalue weighted by Crippen LogP contribution is -2.99. The number of ether oxygens (including phenoxy) is 1. The number of Topliss-reactive ketones (excluding diaryl/α,β-unsaturated/α-hetero) is 2. The van der Waals surface area contributed by atoms with Crippen LogP contribution in [0.3, 0.4) is 0 Å². The summed E-state index contributed by atoms with van der Waals surface area (Å²) in [6.07, 6.45) is 1.80. The summed E-state index contributed by atoms with van der Waals surface area (Å²) in [4.78, 5) is 76.1. The molecular formula is C34H42N2O12. The van der Waals surface area contributed by atoms with Gasteiger partial charge in [0, 0.05) is 42.7 Å². The van der Waals surface area contributed by atoms with Crippen LogP contribution in [-0.2, 0) is 33.5 Å². The summed E-state index contributed by atoms with van der Waals surface area (Å²) in [5, 5.41) is 53.1. The van der Waals surface area contributed by atoms with Crippen molar-refractivity contribution in [3.8, 4) is 0 Å². The van der Waals surface area contributed by atoms with Crippen LogP contribution in [-0.4, -0.2) is 74.0 Å². The molecule has 260 valence electrons. The molecule has 4 aliphatic rings. The van der Waals surface area contributed by atoms with E-state index in [4.69, 9.17) is 9.94 Å². The number of hydrogen-bond donors (Lipinski definition) is 6. The molecule has 1 amide bonds. The number of quaternary nitrogens is 1. The second kappa shape index (κ2) is 13.2. The third kappa shape index (κ3) is 6.23. The zero-order valence-corrected chi connectivity index (χ0v) is 26.9. The molecule has 0 radical (unpaired) electrons. The molecule has 1 aromatic carbocycles. The highest BCUT2D eigenvalue weighted by molar-refractivity contribution is 5.95. The molecule has 6 N–H and O–H groups in total. The summed E-state index contributed by atoms with van der Waals surface area (Å²) in [6, 6.07) is 3.10. The summed E-state index contributed by atoms with van der Waals surface area (Å²) in [6.45, 7) is 3.04. The SMILES string of the molecule is CC12CCC(=O)C=C1CCC1C2C(=O)CC2(C)C1CCC2(O)C(=O)COC(=O)CCC(=O)NC(C(=O)O)C(O)c1cccc([NH+]([O-])O)c1. The number of rotatable bonds is 11. The summed E-state index contributed by atoms with van der Waals surface area (Å²) < 4.78 is 5.12. The van der Waals surface area contributed by atoms with Gasteiger partial charge >= 0.3 is 11.9 Å². The molecule has 0 aromatic heterocycles. The molecule has 3 fully saturated rings. The normalized spacial score (nSPS) is 32.9. The molecular weight excluding hydrogens is 628 g/mol. The predicted molar refractivity (Wildman–Crippen MR) is 164 cm³/mol. The number of amides is 1. The van der Waals surface area contributed by atoms with E-state index >= 15 is 0 Å². The highest BCUT2D eigenvalue weighted by Crippen LogP contribution is 2.66. The number of ketones is 3. The van der Waals surface area contributed by atoms with Gasteiger partial charge in [0.05, 0.1) is 6.42 Å². The molecule has 5 rings (SSSR count). The van der Waals surface area contributed by atoms with Gasteiger partial charge in [0.1, 0.15) is 17.5 Å². The number of aliphatic hydroxyl groups excluding tert-OH is 1. The first-order valence-corrected chi connectivity index (χ1v) is 16.2. The average Bonchev–Trinajstić information content (AvgIpc) is 3.31. The Morgan fingerprint density at radius 3 is 2.52 bits per heavy atom. The number of carboxylic acid groups (broad SMARTS) is 1. The Morgan fingerprint density at radius 1 is 1.10 bits per heavy atom. The van der Waals surface area contributed by atoms with Crippen LogP contribution in [0.2, 0.25) is 0 Å². The van der Waals surface area contributed by atoms with E-state index in [1.807, 2.05) is 0 Å². The third-order valence-corrected chi connectivity index (χ3v) is 11.6. The number of hydrogen-bond acceptors (Lipinski definition) is 11. The molecule has 0 bridgehead atoms. The molecule has 0 saturated heterocycles. The van der Waals surface area contributed by atoms with Crippen molar-refractivity contribution in [2.75, 3.05) is 6.61 Å². The summed E-state index contributed by atoms with van der Waals surface area (Å²) >= 11 is 0. The average molecular weight is 671 g/mol. The quantitative estimate of drug-likeness (QED) is 0.143. The van der Waals surface area contributed by atoms with E-state index in [9.17, 15) is 49.3 Å². The Bertz CT molecular complexity index is 1560. The Balaban J connectivity index is 1.16. The van der Waals surface area contributed by atoms with E-state index in [0.29, 0.717) is 32.1 Å². The first-order chi connectivity index (χ1) is 22.5. The largest absolute Gasteiger partial charge is 0.595 e. The van der Waals surface area contributed by atoms with Crippen molar-refractivity contribution in [1.82, 2.24) is 5.32 Å². The van der Waals surface area contributed by atoms with Gasteiger partial charge < -0.3 is 30.6 Å². The van der Waals surface area contributed by atoms with Gasteiger partial charge in [-0.2, -0.15) is 5.23 Å². The predicted octanol–water partition coefficient (Wildman–Crippen LogP) is 1.03. The zero-order valence-electron chi connectivity index (χ0n) is 26.9. The van der Waals surface area contributed by atoms with Crippen molar-refractivity contribution in [2.45, 2.75) is 89.4 Å². The van der Waals surface area contributed by atoms with E-state index in [1.54, 1.807) is 13.0 Å². The van der Waals surface area contributed by atoms with Crippen LogP contribution in [0.15, 0.2) is 35.9 Å². The van der Waals surface area contributed by atoms with Crippen molar-refractivity contribution in [1.29, 1.82) is 0 Å². The van der Waals surface area contributed by atoms with Crippen molar-refractivity contribution in [3.63, 3.8) is 0 Å². The molecule has 14 nitrogen and oxygen atoms in total. The summed E-state index contributed by atoms with van der Waals surface area (Å²) in [5.74, 6) is -4.61. The van der Waals surface area contributed by atoms with Gasteiger partial charge in [-0.1, -0.05) is 31.6 Å². The maximum absolute atomic E-state index is 13.8. The standard InChI is InChI=1S/C34H42N2O12/c1-32-12-10-21(37)15-19(32)6-7-22-23-11-13-34(45,33(23,2)16-24(38)28(22)32)25(39)17-48-27(41)9-8-26(40)35-29(31(43)44)30(42)18-4-3-5-20(14-18)36(46)47/h3-5,14-15,22-23,28-30,36,42,45-46H,6-13,16-17H2,1-2H3,(H,35,40)(H,43,44). The molecule has 1 aromatic rings. The fourth-order valence-corrected chi connectivity index (χ4v) is 8.97. The molecule has 0 aliphatic heterocycles. The second-order valence-corrected chi connectivity index (χ2v) is 14.1. The van der Waals surface area contributed by atoms with Crippen LogP contribution in [0.25, 0.3) is 0 Å². The third-order valence-electron chi connectivity index (χ3n) is 11.6. The van der Waals surface area contributed by atoms with Gasteiger partial charge in [-0.3, -0.25) is 24.0 Å². The van der Waals surface area contributed by atoms with Gasteiger partial charge in [-0.15, -0.1) is 0 Å². The van der Waals surface area contributed by atoms with Gasteiger partial charge in [0.15, 0.2) is 24.1 Å². The van der Waals surface area contributed by atoms with E-state index in [-0.39, 0.29) is 53.4 Å². The smallest absolute Gasteiger partial charge is 0.329 e. The first kappa shape index (κ1) is 35.5. The Hall–Kier alpha value is -3.82. The molecule has 0 spiro atoms. The summed E-state index contributed by atoms with van der Waals surface area (Å²) in [5.41, 5.74) is -2.62. The number of fused-ring (bicyclic) bond motifs is 5. The molecule has 3 saturated carbocycles. The maximum Gasteiger partial charge on any atom is 0.329 e. The van der Waals surface area contributed by atoms with Crippen LogP contribution in [0.4, 0.5) is 5.69 Å². The van der Waals surface area contributed by atoms with Crippen molar-refractivity contribution >= 4 is 40.9 Å². The monoisotopic (exact) mass is 670 g/mol. The Kier molecular flexibility index (Phi) is 9.79. The van der Waals surface area contributed by atoms with E-state index in [2.05, 4.69) is 12.2 Å². The molecule has 0 heterocycles. The molecule has 9 atom stereocenters. The van der Waals surface area contributed by atoms with Crippen LogP contribution < -0.4 is 10.5 Å². The van der Waals surface area contributed by atoms with Gasteiger partial charge in [-0.05, 0) is 61.0 Å². The number of benzene rings is 1. The molecule has 48 heavy (non-hydrogen) atoms. The minimum Gasteiger partial charge on any atom is -0.595 e. The van der Waals surface area contributed by atoms with E-state index in [0.717, 1.165) is 11.6 Å².